The van der Waals surface area contributed by atoms with Crippen LogP contribution >= 0.6 is 0 Å². The van der Waals surface area contributed by atoms with Gasteiger partial charge in [0.25, 0.3) is 5.56 Å². The van der Waals surface area contributed by atoms with Gasteiger partial charge in [0.05, 0.1) is 6.42 Å². The third kappa shape index (κ3) is 4.23. The summed E-state index contributed by atoms with van der Waals surface area (Å²) in [6, 6.07) is 17.5. The first-order valence-corrected chi connectivity index (χ1v) is 8.22. The largest absolute Gasteiger partial charge is 0.352 e. The van der Waals surface area contributed by atoms with Crippen molar-refractivity contribution >= 4 is 16.8 Å². The Morgan fingerprint density at radius 1 is 1.08 bits per heavy atom. The highest BCUT2D eigenvalue weighted by Gasteiger charge is 2.07. The van der Waals surface area contributed by atoms with Gasteiger partial charge in [0.2, 0.25) is 5.91 Å². The molecule has 0 atom stereocenters. The minimum Gasteiger partial charge on any atom is -0.352 e. The highest BCUT2D eigenvalue weighted by molar-refractivity contribution is 5.83. The van der Waals surface area contributed by atoms with Gasteiger partial charge in [-0.25, -0.2) is 0 Å². The topological polar surface area (TPSA) is 62.0 Å². The van der Waals surface area contributed by atoms with Crippen LogP contribution in [0.4, 0.5) is 0 Å². The predicted octanol–water partition coefficient (Wildman–Crippen LogP) is 2.96. The molecule has 1 amide bonds. The zero-order chi connectivity index (χ0) is 17.6. The highest BCUT2D eigenvalue weighted by atomic mass is 16.1. The van der Waals surface area contributed by atoms with Gasteiger partial charge in [0, 0.05) is 24.0 Å². The lowest BCUT2D eigenvalue weighted by molar-refractivity contribution is -0.120. The van der Waals surface area contributed by atoms with Crippen LogP contribution < -0.4 is 10.9 Å². The molecule has 3 rings (SSSR count). The second-order valence-corrected chi connectivity index (χ2v) is 5.98. The summed E-state index contributed by atoms with van der Waals surface area (Å²) in [7, 11) is 0. The van der Waals surface area contributed by atoms with Crippen LogP contribution in [-0.2, 0) is 17.6 Å². The third-order valence-electron chi connectivity index (χ3n) is 4.03. The number of H-pyrrole nitrogens is 1. The van der Waals surface area contributed by atoms with E-state index in [1.165, 1.54) is 0 Å². The molecule has 0 saturated heterocycles. The summed E-state index contributed by atoms with van der Waals surface area (Å²) in [5.41, 5.74) is 3.41. The van der Waals surface area contributed by atoms with E-state index in [4.69, 9.17) is 0 Å². The van der Waals surface area contributed by atoms with E-state index < -0.39 is 0 Å². The maximum atomic E-state index is 12.3. The van der Waals surface area contributed by atoms with Crippen LogP contribution in [-0.4, -0.2) is 17.4 Å². The Labute approximate surface area is 146 Å². The molecule has 0 saturated carbocycles. The van der Waals surface area contributed by atoms with Crippen molar-refractivity contribution < 1.29 is 4.79 Å². The molecular formula is C21H20N2O2. The fourth-order valence-electron chi connectivity index (χ4n) is 2.79. The number of pyridine rings is 1. The number of rotatable bonds is 6. The summed E-state index contributed by atoms with van der Waals surface area (Å²) in [4.78, 5) is 27.1. The second-order valence-electron chi connectivity index (χ2n) is 5.98. The predicted molar refractivity (Wildman–Crippen MR) is 101 cm³/mol. The highest BCUT2D eigenvalue weighted by Crippen LogP contribution is 2.16. The fraction of sp³-hybridized carbons (Fsp3) is 0.143. The number of fused-ring (bicyclic) bond motifs is 1. The lowest BCUT2D eigenvalue weighted by Gasteiger charge is -2.07. The van der Waals surface area contributed by atoms with Gasteiger partial charge in [0.1, 0.15) is 0 Å². The number of amides is 1. The molecule has 25 heavy (non-hydrogen) atoms. The minimum atomic E-state index is -0.0761. The summed E-state index contributed by atoms with van der Waals surface area (Å²) in [5.74, 6) is -0.0480. The van der Waals surface area contributed by atoms with E-state index in [-0.39, 0.29) is 11.5 Å². The number of benzene rings is 2. The van der Waals surface area contributed by atoms with Crippen molar-refractivity contribution in [3.05, 3.63) is 94.3 Å². The molecule has 0 aliphatic carbocycles. The van der Waals surface area contributed by atoms with E-state index in [1.54, 1.807) is 6.08 Å². The van der Waals surface area contributed by atoms with Gasteiger partial charge in [-0.2, -0.15) is 0 Å². The normalized spacial score (nSPS) is 10.6. The van der Waals surface area contributed by atoms with E-state index in [9.17, 15) is 9.59 Å². The van der Waals surface area contributed by atoms with Gasteiger partial charge in [-0.3, -0.25) is 9.59 Å². The molecule has 4 nitrogen and oxygen atoms in total. The van der Waals surface area contributed by atoms with Crippen LogP contribution in [0.3, 0.4) is 0 Å². The Morgan fingerprint density at radius 2 is 1.88 bits per heavy atom. The number of aromatic nitrogens is 1. The fourth-order valence-corrected chi connectivity index (χ4v) is 2.79. The summed E-state index contributed by atoms with van der Waals surface area (Å²) >= 11 is 0. The SMILES string of the molecule is C=CCNC(=O)Cc1ccc2[nH]c(=O)c(Cc3ccccc3)cc2c1. The molecule has 2 aromatic carbocycles. The van der Waals surface area contributed by atoms with Crippen molar-refractivity contribution in [1.29, 1.82) is 0 Å². The molecule has 1 heterocycles. The van der Waals surface area contributed by atoms with Crippen LogP contribution in [0.5, 0.6) is 0 Å². The molecule has 3 aromatic rings. The summed E-state index contributed by atoms with van der Waals surface area (Å²) < 4.78 is 0. The lowest BCUT2D eigenvalue weighted by Crippen LogP contribution is -2.24. The summed E-state index contributed by atoms with van der Waals surface area (Å²) in [6.45, 7) is 4.04. The number of aromatic amines is 1. The van der Waals surface area contributed by atoms with Crippen molar-refractivity contribution in [3.8, 4) is 0 Å². The van der Waals surface area contributed by atoms with E-state index >= 15 is 0 Å². The smallest absolute Gasteiger partial charge is 0.251 e. The zero-order valence-corrected chi connectivity index (χ0v) is 13.9. The van der Waals surface area contributed by atoms with E-state index in [0.29, 0.717) is 24.9 Å². The van der Waals surface area contributed by atoms with Gasteiger partial charge in [-0.1, -0.05) is 42.5 Å². The molecule has 126 valence electrons. The quantitative estimate of drug-likeness (QED) is 0.682. The zero-order valence-electron chi connectivity index (χ0n) is 13.9. The van der Waals surface area contributed by atoms with Crippen LogP contribution in [0.1, 0.15) is 16.7 Å². The monoisotopic (exact) mass is 332 g/mol. The Morgan fingerprint density at radius 3 is 2.64 bits per heavy atom. The van der Waals surface area contributed by atoms with Gasteiger partial charge in [-0.05, 0) is 34.7 Å². The molecule has 0 aliphatic heterocycles. The van der Waals surface area contributed by atoms with E-state index in [0.717, 1.165) is 22.0 Å². The van der Waals surface area contributed by atoms with Gasteiger partial charge in [0.15, 0.2) is 0 Å². The molecule has 0 aliphatic rings. The number of carbonyl (C=O) groups is 1. The summed E-state index contributed by atoms with van der Waals surface area (Å²) in [5, 5.41) is 3.70. The first kappa shape index (κ1) is 16.7. The average Bonchev–Trinajstić information content (AvgIpc) is 2.62. The minimum absolute atomic E-state index is 0.0480. The Hall–Kier alpha value is -3.14. The second kappa shape index (κ2) is 7.62. The Balaban J connectivity index is 1.87. The molecule has 2 N–H and O–H groups in total. The van der Waals surface area contributed by atoms with Crippen molar-refractivity contribution in [3.63, 3.8) is 0 Å². The van der Waals surface area contributed by atoms with Crippen LogP contribution in [0.25, 0.3) is 10.9 Å². The van der Waals surface area contributed by atoms with Crippen LogP contribution in [0.2, 0.25) is 0 Å². The van der Waals surface area contributed by atoms with Crippen LogP contribution in [0, 0.1) is 0 Å². The van der Waals surface area contributed by atoms with Crippen molar-refractivity contribution in [1.82, 2.24) is 10.3 Å². The van der Waals surface area contributed by atoms with Crippen molar-refractivity contribution in [2.75, 3.05) is 6.54 Å². The Bertz CT molecular complexity index is 959. The van der Waals surface area contributed by atoms with Gasteiger partial charge in [-0.15, -0.1) is 6.58 Å². The molecule has 0 spiro atoms. The lowest BCUT2D eigenvalue weighted by atomic mass is 10.0. The molecule has 1 aromatic heterocycles. The maximum Gasteiger partial charge on any atom is 0.251 e. The molecule has 0 unspecified atom stereocenters. The van der Waals surface area contributed by atoms with Crippen molar-refractivity contribution in [2.24, 2.45) is 0 Å². The number of carbonyl (C=O) groups excluding carboxylic acids is 1. The molecule has 0 radical (unpaired) electrons. The van der Waals surface area contributed by atoms with Gasteiger partial charge < -0.3 is 10.3 Å². The molecule has 0 fully saturated rings. The average molecular weight is 332 g/mol. The Kier molecular flexibility index (Phi) is 5.09. The number of hydrogen-bond donors (Lipinski definition) is 2. The molecule has 0 bridgehead atoms. The summed E-state index contributed by atoms with van der Waals surface area (Å²) in [6.07, 6.45) is 2.53. The first-order chi connectivity index (χ1) is 12.2. The van der Waals surface area contributed by atoms with Crippen LogP contribution in [0.15, 0.2) is 72.0 Å². The van der Waals surface area contributed by atoms with Gasteiger partial charge >= 0.3 is 0 Å². The van der Waals surface area contributed by atoms with E-state index in [1.807, 2.05) is 54.6 Å². The van der Waals surface area contributed by atoms with E-state index in [2.05, 4.69) is 16.9 Å². The maximum absolute atomic E-state index is 12.3. The van der Waals surface area contributed by atoms with Crippen molar-refractivity contribution in [2.45, 2.75) is 12.8 Å². The molecule has 4 heteroatoms. The number of hydrogen-bond acceptors (Lipinski definition) is 2. The number of nitrogens with one attached hydrogen (secondary N) is 2. The standard InChI is InChI=1S/C21H20N2O2/c1-2-10-22-20(24)13-16-8-9-19-17(12-16)14-18(21(25)23-19)11-15-6-4-3-5-7-15/h2-9,12,14H,1,10-11,13H2,(H,22,24)(H,23,25). The first-order valence-electron chi connectivity index (χ1n) is 8.22. The third-order valence-corrected chi connectivity index (χ3v) is 4.03. The molecular weight excluding hydrogens is 312 g/mol.